The van der Waals surface area contributed by atoms with Gasteiger partial charge in [-0.2, -0.15) is 0 Å². The minimum atomic E-state index is 0.591. The summed E-state index contributed by atoms with van der Waals surface area (Å²) < 4.78 is 0. The molecule has 0 aromatic heterocycles. The molecule has 2 aromatic rings. The van der Waals surface area contributed by atoms with Gasteiger partial charge in [-0.15, -0.1) is 0 Å². The van der Waals surface area contributed by atoms with E-state index in [0.717, 1.165) is 6.42 Å². The molecule has 0 aliphatic carbocycles. The molecule has 0 spiro atoms. The lowest BCUT2D eigenvalue weighted by Crippen LogP contribution is -1.97. The zero-order valence-electron chi connectivity index (χ0n) is 9.06. The normalized spacial score (nSPS) is 12.3. The van der Waals surface area contributed by atoms with Gasteiger partial charge < -0.3 is 0 Å². The third-order valence-corrected chi connectivity index (χ3v) is 2.75. The molecule has 0 N–H and O–H groups in total. The van der Waals surface area contributed by atoms with Crippen molar-refractivity contribution in [2.45, 2.75) is 19.3 Å². The van der Waals surface area contributed by atoms with Crippen LogP contribution >= 0.6 is 0 Å². The molecule has 0 saturated carbocycles. The molecule has 2 aromatic carbocycles. The highest BCUT2D eigenvalue weighted by Crippen LogP contribution is 2.19. The lowest BCUT2D eigenvalue weighted by atomic mass is 10.1. The molecular weight excluding hydrogens is 182 g/mol. The van der Waals surface area contributed by atoms with Gasteiger partial charge in [0.05, 0.1) is 0 Å². The predicted molar refractivity (Wildman–Crippen MR) is 65.0 cm³/mol. The number of rotatable bonds is 3. The first-order valence-electron chi connectivity index (χ1n) is 5.45. The van der Waals surface area contributed by atoms with Crippen molar-refractivity contribution in [1.29, 1.82) is 0 Å². The molecule has 0 radical (unpaired) electrons. The molecule has 1 atom stereocenters. The molecule has 0 fully saturated rings. The van der Waals surface area contributed by atoms with Crippen molar-refractivity contribution in [3.63, 3.8) is 0 Å². The molecule has 0 aliphatic rings. The highest BCUT2D eigenvalue weighted by atomic mass is 14.6. The third-order valence-electron chi connectivity index (χ3n) is 2.75. The maximum absolute atomic E-state index is 2.28. The standard InChI is InChI=1S/C15H16/c1-13(15-10-6-3-7-11-15)12-14-8-4-2-5-9-14/h2-11,13H,12H2,1H3/i1+1,13+1. The highest BCUT2D eigenvalue weighted by molar-refractivity contribution is 5.23. The maximum Gasteiger partial charge on any atom is -0.0150 e. The van der Waals surface area contributed by atoms with Crippen molar-refractivity contribution in [2.24, 2.45) is 0 Å². The molecule has 0 amide bonds. The monoisotopic (exact) mass is 198 g/mol. The Bertz CT molecular complexity index is 389. The van der Waals surface area contributed by atoms with E-state index in [4.69, 9.17) is 0 Å². The molecule has 15 heavy (non-hydrogen) atoms. The van der Waals surface area contributed by atoms with Gasteiger partial charge >= 0.3 is 0 Å². The minimum Gasteiger partial charge on any atom is -0.0622 e. The summed E-state index contributed by atoms with van der Waals surface area (Å²) in [6.45, 7) is 2.28. The molecule has 0 heteroatoms. The molecule has 1 unspecified atom stereocenters. The number of benzene rings is 2. The Labute approximate surface area is 91.6 Å². The first-order valence-corrected chi connectivity index (χ1v) is 5.45. The van der Waals surface area contributed by atoms with Crippen molar-refractivity contribution in [3.05, 3.63) is 71.8 Å². The number of hydrogen-bond acceptors (Lipinski definition) is 0. The molecule has 0 aliphatic heterocycles. The van der Waals surface area contributed by atoms with E-state index in [1.807, 2.05) is 0 Å². The second kappa shape index (κ2) is 4.79. The van der Waals surface area contributed by atoms with Crippen molar-refractivity contribution in [3.8, 4) is 0 Å². The average Bonchev–Trinajstić information content (AvgIpc) is 2.31. The summed E-state index contributed by atoms with van der Waals surface area (Å²) in [6.07, 6.45) is 1.12. The Morgan fingerprint density at radius 2 is 1.33 bits per heavy atom. The van der Waals surface area contributed by atoms with Crippen molar-refractivity contribution < 1.29 is 0 Å². The van der Waals surface area contributed by atoms with Gasteiger partial charge in [-0.25, -0.2) is 0 Å². The summed E-state index contributed by atoms with van der Waals surface area (Å²) in [5.74, 6) is 0.591. The topological polar surface area (TPSA) is 0 Å². The fraction of sp³-hybridized carbons (Fsp3) is 0.200. The van der Waals surface area contributed by atoms with Crippen LogP contribution in [0.1, 0.15) is 24.0 Å². The van der Waals surface area contributed by atoms with Crippen LogP contribution in [-0.2, 0) is 6.42 Å². The van der Waals surface area contributed by atoms with Crippen LogP contribution in [0.3, 0.4) is 0 Å². The lowest BCUT2D eigenvalue weighted by molar-refractivity contribution is 0.759. The van der Waals surface area contributed by atoms with E-state index < -0.39 is 0 Å². The summed E-state index contributed by atoms with van der Waals surface area (Å²) in [4.78, 5) is 0. The smallest absolute Gasteiger partial charge is 0.0150 e. The van der Waals surface area contributed by atoms with E-state index >= 15 is 0 Å². The molecule has 76 valence electrons. The van der Waals surface area contributed by atoms with Crippen molar-refractivity contribution in [1.82, 2.24) is 0 Å². The van der Waals surface area contributed by atoms with Gasteiger partial charge in [0.15, 0.2) is 0 Å². The Kier molecular flexibility index (Phi) is 3.18. The minimum absolute atomic E-state index is 0.591. The summed E-state index contributed by atoms with van der Waals surface area (Å²) in [5.41, 5.74) is 2.83. The summed E-state index contributed by atoms with van der Waals surface area (Å²) >= 11 is 0. The Balaban J connectivity index is 2.08. The van der Waals surface area contributed by atoms with Gasteiger partial charge in [-0.05, 0) is 23.5 Å². The van der Waals surface area contributed by atoms with E-state index in [9.17, 15) is 0 Å². The second-order valence-corrected chi connectivity index (χ2v) is 4.00. The molecular formula is C15H16. The van der Waals surface area contributed by atoms with Gasteiger partial charge in [-0.3, -0.25) is 0 Å². The van der Waals surface area contributed by atoms with Crippen LogP contribution in [0.2, 0.25) is 0 Å². The van der Waals surface area contributed by atoms with Crippen LogP contribution in [0, 0.1) is 0 Å². The average molecular weight is 198 g/mol. The van der Waals surface area contributed by atoms with Gasteiger partial charge in [0, 0.05) is 0 Å². The van der Waals surface area contributed by atoms with Gasteiger partial charge in [0.1, 0.15) is 0 Å². The zero-order valence-corrected chi connectivity index (χ0v) is 9.06. The Morgan fingerprint density at radius 1 is 0.800 bits per heavy atom. The SMILES string of the molecule is [13CH3][13CH](Cc1ccccc1)c1ccccc1. The van der Waals surface area contributed by atoms with E-state index in [2.05, 4.69) is 67.6 Å². The van der Waals surface area contributed by atoms with E-state index in [0.29, 0.717) is 5.92 Å². The zero-order chi connectivity index (χ0) is 10.5. The molecule has 0 heterocycles. The fourth-order valence-corrected chi connectivity index (χ4v) is 1.87. The van der Waals surface area contributed by atoms with E-state index in [1.165, 1.54) is 11.1 Å². The van der Waals surface area contributed by atoms with E-state index in [-0.39, 0.29) is 0 Å². The largest absolute Gasteiger partial charge is 0.0622 e. The molecule has 0 nitrogen and oxygen atoms in total. The van der Waals surface area contributed by atoms with Gasteiger partial charge in [-0.1, -0.05) is 67.6 Å². The van der Waals surface area contributed by atoms with Gasteiger partial charge in [0.25, 0.3) is 0 Å². The van der Waals surface area contributed by atoms with Crippen LogP contribution in [0.25, 0.3) is 0 Å². The highest BCUT2D eigenvalue weighted by Gasteiger charge is 2.04. The van der Waals surface area contributed by atoms with Crippen LogP contribution in [0.15, 0.2) is 60.7 Å². The third kappa shape index (κ3) is 2.69. The first kappa shape index (κ1) is 9.97. The number of hydrogen-bond donors (Lipinski definition) is 0. The summed E-state index contributed by atoms with van der Waals surface area (Å²) in [6, 6.07) is 21.4. The lowest BCUT2D eigenvalue weighted by Gasteiger charge is -2.11. The first-order chi connectivity index (χ1) is 7.36. The molecule has 0 saturated heterocycles. The Hall–Kier alpha value is -1.56. The van der Waals surface area contributed by atoms with Crippen LogP contribution in [-0.4, -0.2) is 0 Å². The maximum atomic E-state index is 2.28. The van der Waals surface area contributed by atoms with Crippen molar-refractivity contribution >= 4 is 0 Å². The fourth-order valence-electron chi connectivity index (χ4n) is 1.87. The van der Waals surface area contributed by atoms with E-state index in [1.54, 1.807) is 0 Å². The molecule has 0 bridgehead atoms. The Morgan fingerprint density at radius 3 is 1.93 bits per heavy atom. The van der Waals surface area contributed by atoms with Crippen LogP contribution < -0.4 is 0 Å². The predicted octanol–water partition coefficient (Wildman–Crippen LogP) is 4.03. The van der Waals surface area contributed by atoms with Crippen molar-refractivity contribution in [2.75, 3.05) is 0 Å². The van der Waals surface area contributed by atoms with Crippen LogP contribution in [0.5, 0.6) is 0 Å². The van der Waals surface area contributed by atoms with Crippen LogP contribution in [0.4, 0.5) is 0 Å². The summed E-state index contributed by atoms with van der Waals surface area (Å²) in [7, 11) is 0. The second-order valence-electron chi connectivity index (χ2n) is 4.00. The summed E-state index contributed by atoms with van der Waals surface area (Å²) in [5, 5.41) is 0. The quantitative estimate of drug-likeness (QED) is 0.653. The molecule has 2 rings (SSSR count). The van der Waals surface area contributed by atoms with Gasteiger partial charge in [0.2, 0.25) is 0 Å².